The van der Waals surface area contributed by atoms with E-state index in [1.54, 1.807) is 18.2 Å². The predicted molar refractivity (Wildman–Crippen MR) is 87.1 cm³/mol. The number of halogens is 2. The zero-order chi connectivity index (χ0) is 14.9. The SMILES string of the molecule is Cc1nnc(Nc2ccc(Cl)c(Cl)c2)c(C(N)=S)c1C. The normalized spacial score (nSPS) is 10.4. The summed E-state index contributed by atoms with van der Waals surface area (Å²) in [6.07, 6.45) is 0. The molecule has 0 bridgehead atoms. The molecule has 1 aromatic heterocycles. The second-order valence-electron chi connectivity index (χ2n) is 4.25. The average Bonchev–Trinajstić information content (AvgIpc) is 2.38. The van der Waals surface area contributed by atoms with E-state index in [9.17, 15) is 0 Å². The van der Waals surface area contributed by atoms with Gasteiger partial charge in [-0.3, -0.25) is 0 Å². The molecular weight excluding hydrogens is 315 g/mol. The summed E-state index contributed by atoms with van der Waals surface area (Å²) in [6, 6.07) is 5.18. The highest BCUT2D eigenvalue weighted by Crippen LogP contribution is 2.28. The quantitative estimate of drug-likeness (QED) is 0.840. The van der Waals surface area contributed by atoms with Gasteiger partial charge in [0.2, 0.25) is 0 Å². The minimum absolute atomic E-state index is 0.267. The van der Waals surface area contributed by atoms with Crippen molar-refractivity contribution in [1.29, 1.82) is 0 Å². The lowest BCUT2D eigenvalue weighted by molar-refractivity contribution is 0.963. The molecule has 2 rings (SSSR count). The van der Waals surface area contributed by atoms with Crippen molar-refractivity contribution in [1.82, 2.24) is 10.2 Å². The van der Waals surface area contributed by atoms with Gasteiger partial charge in [0.15, 0.2) is 5.82 Å². The van der Waals surface area contributed by atoms with Crippen molar-refractivity contribution in [2.45, 2.75) is 13.8 Å². The molecule has 1 aromatic carbocycles. The number of aryl methyl sites for hydroxylation is 1. The second kappa shape index (κ2) is 5.91. The molecule has 20 heavy (non-hydrogen) atoms. The monoisotopic (exact) mass is 326 g/mol. The molecule has 1 heterocycles. The van der Waals surface area contributed by atoms with E-state index in [0.717, 1.165) is 16.9 Å². The molecular formula is C13H12Cl2N4S. The lowest BCUT2D eigenvalue weighted by Crippen LogP contribution is -2.16. The van der Waals surface area contributed by atoms with Crippen molar-refractivity contribution in [2.24, 2.45) is 5.73 Å². The Morgan fingerprint density at radius 2 is 1.90 bits per heavy atom. The maximum Gasteiger partial charge on any atom is 0.163 e. The molecule has 0 radical (unpaired) electrons. The van der Waals surface area contributed by atoms with Crippen LogP contribution in [0.5, 0.6) is 0 Å². The van der Waals surface area contributed by atoms with E-state index < -0.39 is 0 Å². The highest BCUT2D eigenvalue weighted by atomic mass is 35.5. The molecule has 0 saturated carbocycles. The van der Waals surface area contributed by atoms with Crippen molar-refractivity contribution in [3.8, 4) is 0 Å². The highest BCUT2D eigenvalue weighted by Gasteiger charge is 2.14. The molecule has 0 spiro atoms. The minimum Gasteiger partial charge on any atom is -0.389 e. The molecule has 0 atom stereocenters. The Labute approximate surface area is 132 Å². The van der Waals surface area contributed by atoms with Crippen LogP contribution >= 0.6 is 35.4 Å². The maximum absolute atomic E-state index is 5.98. The molecule has 7 heteroatoms. The Morgan fingerprint density at radius 3 is 2.50 bits per heavy atom. The first-order valence-electron chi connectivity index (χ1n) is 5.76. The summed E-state index contributed by atoms with van der Waals surface area (Å²) in [5.74, 6) is 0.499. The third-order valence-electron chi connectivity index (χ3n) is 2.88. The van der Waals surface area contributed by atoms with Gasteiger partial charge in [0.1, 0.15) is 4.99 Å². The average molecular weight is 327 g/mol. The maximum atomic E-state index is 5.98. The fraction of sp³-hybridized carbons (Fsp3) is 0.154. The van der Waals surface area contributed by atoms with E-state index in [4.69, 9.17) is 41.2 Å². The lowest BCUT2D eigenvalue weighted by atomic mass is 10.1. The van der Waals surface area contributed by atoms with Crippen molar-refractivity contribution in [2.75, 3.05) is 5.32 Å². The van der Waals surface area contributed by atoms with Gasteiger partial charge in [0.25, 0.3) is 0 Å². The van der Waals surface area contributed by atoms with Crippen LogP contribution in [0.4, 0.5) is 11.5 Å². The van der Waals surface area contributed by atoms with Crippen molar-refractivity contribution < 1.29 is 0 Å². The second-order valence-corrected chi connectivity index (χ2v) is 5.51. The van der Waals surface area contributed by atoms with Gasteiger partial charge >= 0.3 is 0 Å². The number of rotatable bonds is 3. The lowest BCUT2D eigenvalue weighted by Gasteiger charge is -2.13. The number of benzene rings is 1. The van der Waals surface area contributed by atoms with Crippen LogP contribution in [0, 0.1) is 13.8 Å². The third kappa shape index (κ3) is 3.00. The molecule has 0 aliphatic carbocycles. The number of nitrogens with one attached hydrogen (secondary N) is 1. The van der Waals surface area contributed by atoms with Crippen LogP contribution < -0.4 is 11.1 Å². The molecule has 3 N–H and O–H groups in total. The van der Waals surface area contributed by atoms with Gasteiger partial charge in [-0.25, -0.2) is 0 Å². The van der Waals surface area contributed by atoms with E-state index in [0.29, 0.717) is 21.4 Å². The standard InChI is InChI=1S/C13H12Cl2N4S/c1-6-7(2)18-19-13(11(6)12(16)20)17-8-3-4-9(14)10(15)5-8/h3-5H,1-2H3,(H2,16,20)(H,17,19). The van der Waals surface area contributed by atoms with Gasteiger partial charge in [0, 0.05) is 5.69 Å². The molecule has 0 fully saturated rings. The Kier molecular flexibility index (Phi) is 4.42. The number of thiocarbonyl (C=S) groups is 1. The number of hydrogen-bond donors (Lipinski definition) is 2. The van der Waals surface area contributed by atoms with Crippen LogP contribution in [0.3, 0.4) is 0 Å². The fourth-order valence-electron chi connectivity index (χ4n) is 1.71. The first-order chi connectivity index (χ1) is 9.40. The van der Waals surface area contributed by atoms with E-state index in [-0.39, 0.29) is 4.99 Å². The zero-order valence-electron chi connectivity index (χ0n) is 10.9. The topological polar surface area (TPSA) is 63.8 Å². The van der Waals surface area contributed by atoms with Crippen LogP contribution in [0.15, 0.2) is 18.2 Å². The molecule has 0 aliphatic rings. The van der Waals surface area contributed by atoms with Crippen molar-refractivity contribution >= 4 is 51.9 Å². The van der Waals surface area contributed by atoms with E-state index >= 15 is 0 Å². The van der Waals surface area contributed by atoms with Crippen LogP contribution in [0.1, 0.15) is 16.8 Å². The van der Waals surface area contributed by atoms with Crippen LogP contribution in [0.25, 0.3) is 0 Å². The van der Waals surface area contributed by atoms with Crippen LogP contribution in [-0.2, 0) is 0 Å². The van der Waals surface area contributed by atoms with Crippen molar-refractivity contribution in [3.63, 3.8) is 0 Å². The highest BCUT2D eigenvalue weighted by molar-refractivity contribution is 7.80. The summed E-state index contributed by atoms with van der Waals surface area (Å²) in [6.45, 7) is 3.76. The fourth-order valence-corrected chi connectivity index (χ4v) is 2.26. The first-order valence-corrected chi connectivity index (χ1v) is 6.92. The molecule has 2 aromatic rings. The van der Waals surface area contributed by atoms with E-state index in [2.05, 4.69) is 15.5 Å². The third-order valence-corrected chi connectivity index (χ3v) is 3.83. The van der Waals surface area contributed by atoms with E-state index in [1.165, 1.54) is 0 Å². The largest absolute Gasteiger partial charge is 0.389 e. The summed E-state index contributed by atoms with van der Waals surface area (Å²) in [5.41, 5.74) is 8.86. The van der Waals surface area contributed by atoms with Gasteiger partial charge in [-0.1, -0.05) is 35.4 Å². The van der Waals surface area contributed by atoms with Gasteiger partial charge in [0.05, 0.1) is 21.3 Å². The number of anilines is 2. The van der Waals surface area contributed by atoms with Gasteiger partial charge in [-0.2, -0.15) is 5.10 Å². The smallest absolute Gasteiger partial charge is 0.163 e. The van der Waals surface area contributed by atoms with Crippen molar-refractivity contribution in [3.05, 3.63) is 45.1 Å². The number of aromatic nitrogens is 2. The number of hydrogen-bond acceptors (Lipinski definition) is 4. The Balaban J connectivity index is 2.45. The summed E-state index contributed by atoms with van der Waals surface area (Å²) >= 11 is 16.9. The zero-order valence-corrected chi connectivity index (χ0v) is 13.2. The minimum atomic E-state index is 0.267. The number of nitrogens with two attached hydrogens (primary N) is 1. The Bertz CT molecular complexity index is 688. The Morgan fingerprint density at radius 1 is 1.20 bits per heavy atom. The molecule has 4 nitrogen and oxygen atoms in total. The van der Waals surface area contributed by atoms with Gasteiger partial charge < -0.3 is 11.1 Å². The summed E-state index contributed by atoms with van der Waals surface area (Å²) in [4.78, 5) is 0.267. The van der Waals surface area contributed by atoms with Gasteiger partial charge in [-0.05, 0) is 37.6 Å². The molecule has 0 amide bonds. The molecule has 0 saturated heterocycles. The summed E-state index contributed by atoms with van der Waals surface area (Å²) in [7, 11) is 0. The summed E-state index contributed by atoms with van der Waals surface area (Å²) < 4.78 is 0. The predicted octanol–water partition coefficient (Wildman–Crippen LogP) is 3.78. The molecule has 104 valence electrons. The number of nitrogens with zero attached hydrogens (tertiary/aromatic N) is 2. The van der Waals surface area contributed by atoms with Gasteiger partial charge in [-0.15, -0.1) is 5.10 Å². The summed E-state index contributed by atoms with van der Waals surface area (Å²) in [5, 5.41) is 12.2. The van der Waals surface area contributed by atoms with E-state index in [1.807, 2.05) is 13.8 Å². The van der Waals surface area contributed by atoms with Crippen LogP contribution in [0.2, 0.25) is 10.0 Å². The first kappa shape index (κ1) is 15.0. The molecule has 0 unspecified atom stereocenters. The Hall–Kier alpha value is -1.43. The van der Waals surface area contributed by atoms with Crippen LogP contribution in [-0.4, -0.2) is 15.2 Å². The molecule has 0 aliphatic heterocycles.